The Morgan fingerprint density at radius 1 is 1.08 bits per heavy atom. The molecule has 0 aliphatic carbocycles. The predicted molar refractivity (Wildman–Crippen MR) is 129 cm³/mol. The summed E-state index contributed by atoms with van der Waals surface area (Å²) in [5, 5.41) is 17.2. The van der Waals surface area contributed by atoms with Crippen LogP contribution < -0.4 is 17.2 Å². The van der Waals surface area contributed by atoms with Crippen LogP contribution in [-0.2, 0) is 9.59 Å². The lowest BCUT2D eigenvalue weighted by Crippen LogP contribution is -2.32. The molecule has 1 heterocycles. The highest BCUT2D eigenvalue weighted by atomic mass is 32.2. The van der Waals surface area contributed by atoms with Gasteiger partial charge in [0.05, 0.1) is 17.3 Å². The van der Waals surface area contributed by atoms with Gasteiger partial charge in [-0.2, -0.15) is 13.2 Å². The molecule has 2 aromatic rings. The van der Waals surface area contributed by atoms with Gasteiger partial charge in [-0.3, -0.25) is 4.79 Å². The zero-order valence-electron chi connectivity index (χ0n) is 19.6. The number of carbonyl (C=O) groups excluding carboxylic acids is 1. The topological polar surface area (TPSA) is 196 Å². The van der Waals surface area contributed by atoms with Crippen LogP contribution in [0.3, 0.4) is 0 Å². The van der Waals surface area contributed by atoms with Crippen molar-refractivity contribution in [3.8, 4) is 11.3 Å². The minimum absolute atomic E-state index is 0.00965. The van der Waals surface area contributed by atoms with E-state index in [1.807, 2.05) is 13.0 Å². The second-order valence-electron chi connectivity index (χ2n) is 7.64. The Morgan fingerprint density at radius 2 is 1.69 bits per heavy atom. The molecule has 8 N–H and O–H groups in total. The van der Waals surface area contributed by atoms with Crippen molar-refractivity contribution in [2.24, 2.45) is 11.5 Å². The van der Waals surface area contributed by atoms with Gasteiger partial charge >= 0.3 is 18.1 Å². The molecule has 198 valence electrons. The lowest BCUT2D eigenvalue weighted by molar-refractivity contribution is -0.192. The Bertz CT molecular complexity index is 1100. The highest BCUT2D eigenvalue weighted by molar-refractivity contribution is 7.99. The maximum atomic E-state index is 11.9. The summed E-state index contributed by atoms with van der Waals surface area (Å²) in [6.45, 7) is 4.05. The first-order valence-electron chi connectivity index (χ1n) is 10.6. The SMILES string of the molecule is Cc1cc(C)c(-c2cc(SCCCC(=O)C(N)CCN)nc(N)n2)cc1C(=O)O.O=C(O)C(F)(F)F. The van der Waals surface area contributed by atoms with Crippen LogP contribution in [0.15, 0.2) is 23.2 Å². The molecule has 10 nitrogen and oxygen atoms in total. The number of aryl methyl sites for hydroxylation is 2. The molecule has 2 rings (SSSR count). The van der Waals surface area contributed by atoms with Gasteiger partial charge in [0.1, 0.15) is 10.8 Å². The number of halogens is 3. The number of nitrogens with zero attached hydrogens (tertiary/aromatic N) is 2. The number of aliphatic carboxylic acids is 1. The summed E-state index contributed by atoms with van der Waals surface area (Å²) in [6, 6.07) is 4.71. The summed E-state index contributed by atoms with van der Waals surface area (Å²) in [5.41, 5.74) is 20.1. The van der Waals surface area contributed by atoms with Crippen LogP contribution in [0.5, 0.6) is 0 Å². The number of nitrogen functional groups attached to an aromatic ring is 1. The molecule has 1 atom stereocenters. The summed E-state index contributed by atoms with van der Waals surface area (Å²) < 4.78 is 31.7. The van der Waals surface area contributed by atoms with Crippen LogP contribution in [0.4, 0.5) is 19.1 Å². The molecule has 0 saturated heterocycles. The van der Waals surface area contributed by atoms with Crippen molar-refractivity contribution in [3.63, 3.8) is 0 Å². The molecule has 0 saturated carbocycles. The predicted octanol–water partition coefficient (Wildman–Crippen LogP) is 2.79. The van der Waals surface area contributed by atoms with Gasteiger partial charge in [0.25, 0.3) is 0 Å². The smallest absolute Gasteiger partial charge is 0.478 e. The first kappa shape index (κ1) is 30.8. The summed E-state index contributed by atoms with van der Waals surface area (Å²) in [5.74, 6) is -2.95. The minimum atomic E-state index is -5.08. The maximum absolute atomic E-state index is 11.9. The maximum Gasteiger partial charge on any atom is 0.490 e. The molecule has 0 amide bonds. The third kappa shape index (κ3) is 9.79. The van der Waals surface area contributed by atoms with Gasteiger partial charge < -0.3 is 27.4 Å². The van der Waals surface area contributed by atoms with E-state index in [4.69, 9.17) is 27.1 Å². The van der Waals surface area contributed by atoms with E-state index in [0.717, 1.165) is 5.56 Å². The molecule has 0 bridgehead atoms. The Hall–Kier alpha value is -3.23. The highest BCUT2D eigenvalue weighted by Crippen LogP contribution is 2.29. The number of alkyl halides is 3. The molecular formula is C22H28F3N5O5S. The number of carboxylic acid groups (broad SMARTS) is 2. The van der Waals surface area contributed by atoms with Crippen LogP contribution in [0, 0.1) is 13.8 Å². The summed E-state index contributed by atoms with van der Waals surface area (Å²) in [7, 11) is 0. The quantitative estimate of drug-likeness (QED) is 0.172. The van der Waals surface area contributed by atoms with Gasteiger partial charge in [0.2, 0.25) is 5.95 Å². The van der Waals surface area contributed by atoms with Gasteiger partial charge in [0, 0.05) is 12.0 Å². The Labute approximate surface area is 209 Å². The van der Waals surface area contributed by atoms with Crippen LogP contribution in [0.2, 0.25) is 0 Å². The van der Waals surface area contributed by atoms with Gasteiger partial charge in [-0.1, -0.05) is 6.07 Å². The number of hydrogen-bond donors (Lipinski definition) is 5. The number of anilines is 1. The number of thioether (sulfide) groups is 1. The van der Waals surface area contributed by atoms with Crippen molar-refractivity contribution in [2.45, 2.75) is 50.4 Å². The number of rotatable bonds is 10. The van der Waals surface area contributed by atoms with Crippen molar-refractivity contribution in [2.75, 3.05) is 18.0 Å². The second-order valence-corrected chi connectivity index (χ2v) is 8.76. The first-order chi connectivity index (χ1) is 16.7. The lowest BCUT2D eigenvalue weighted by atomic mass is 9.98. The van der Waals surface area contributed by atoms with Crippen LogP contribution >= 0.6 is 11.8 Å². The third-order valence-electron chi connectivity index (χ3n) is 4.75. The molecule has 0 aliphatic heterocycles. The molecule has 0 radical (unpaired) electrons. The van der Waals surface area contributed by atoms with Gasteiger partial charge in [-0.05, 0) is 62.2 Å². The van der Waals surface area contributed by atoms with E-state index in [0.29, 0.717) is 53.4 Å². The van der Waals surface area contributed by atoms with Gasteiger partial charge in [-0.15, -0.1) is 11.8 Å². The zero-order valence-corrected chi connectivity index (χ0v) is 20.4. The lowest BCUT2D eigenvalue weighted by Gasteiger charge is -2.11. The summed E-state index contributed by atoms with van der Waals surface area (Å²) in [6.07, 6.45) is -3.54. The van der Waals surface area contributed by atoms with E-state index >= 15 is 0 Å². The normalized spacial score (nSPS) is 11.9. The average molecular weight is 532 g/mol. The fraction of sp³-hybridized carbons (Fsp3) is 0.409. The van der Waals surface area contributed by atoms with Crippen molar-refractivity contribution < 1.29 is 37.8 Å². The molecule has 0 spiro atoms. The summed E-state index contributed by atoms with van der Waals surface area (Å²) in [4.78, 5) is 40.8. The van der Waals surface area contributed by atoms with Crippen LogP contribution in [0.1, 0.15) is 40.7 Å². The van der Waals surface area contributed by atoms with E-state index in [2.05, 4.69) is 9.97 Å². The van der Waals surface area contributed by atoms with Crippen molar-refractivity contribution in [3.05, 3.63) is 34.9 Å². The molecular weight excluding hydrogens is 503 g/mol. The zero-order chi connectivity index (χ0) is 27.6. The number of ketones is 1. The molecule has 0 aliphatic rings. The molecule has 1 aromatic carbocycles. The molecule has 14 heteroatoms. The highest BCUT2D eigenvalue weighted by Gasteiger charge is 2.38. The number of carbonyl (C=O) groups is 3. The monoisotopic (exact) mass is 531 g/mol. The number of aromatic nitrogens is 2. The Kier molecular flexibility index (Phi) is 11.8. The van der Waals surface area contributed by atoms with Crippen LogP contribution in [-0.4, -0.2) is 62.4 Å². The fourth-order valence-corrected chi connectivity index (χ4v) is 3.81. The van der Waals surface area contributed by atoms with E-state index in [1.165, 1.54) is 11.8 Å². The van der Waals surface area contributed by atoms with E-state index in [-0.39, 0.29) is 17.3 Å². The van der Waals surface area contributed by atoms with E-state index < -0.39 is 24.2 Å². The Balaban J connectivity index is 0.000000809. The number of hydrogen-bond acceptors (Lipinski definition) is 9. The standard InChI is InChI=1S/C20H27N5O3S.C2HF3O2/c1-11-8-12(2)14(19(27)28)9-13(11)16-10-18(25-20(23)24-16)29-7-3-4-17(26)15(22)5-6-21;3-2(4,5)1(6)7/h8-10,15H,3-7,21-22H2,1-2H3,(H,27,28)(H2,23,24,25);(H,6,7). The Morgan fingerprint density at radius 3 is 2.22 bits per heavy atom. The molecule has 1 aromatic heterocycles. The van der Waals surface area contributed by atoms with E-state index in [1.54, 1.807) is 19.1 Å². The van der Waals surface area contributed by atoms with Crippen molar-refractivity contribution >= 4 is 35.4 Å². The van der Waals surface area contributed by atoms with Crippen molar-refractivity contribution in [1.82, 2.24) is 9.97 Å². The van der Waals surface area contributed by atoms with Gasteiger partial charge in [0.15, 0.2) is 0 Å². The van der Waals surface area contributed by atoms with Gasteiger partial charge in [-0.25, -0.2) is 19.6 Å². The minimum Gasteiger partial charge on any atom is -0.478 e. The van der Waals surface area contributed by atoms with Crippen molar-refractivity contribution in [1.29, 1.82) is 0 Å². The first-order valence-corrected chi connectivity index (χ1v) is 11.6. The second kappa shape index (κ2) is 13.8. The molecule has 1 unspecified atom stereocenters. The number of Topliss-reactive ketones (excluding diaryl/α,β-unsaturated/α-hetero) is 1. The van der Waals surface area contributed by atoms with E-state index in [9.17, 15) is 27.9 Å². The number of nitrogens with two attached hydrogens (primary N) is 3. The fourth-order valence-electron chi connectivity index (χ4n) is 2.96. The molecule has 36 heavy (non-hydrogen) atoms. The largest absolute Gasteiger partial charge is 0.490 e. The molecule has 0 fully saturated rings. The third-order valence-corrected chi connectivity index (χ3v) is 5.75. The number of carboxylic acids is 2. The average Bonchev–Trinajstić information content (AvgIpc) is 2.75. The number of benzene rings is 1. The summed E-state index contributed by atoms with van der Waals surface area (Å²) >= 11 is 1.46. The number of aromatic carboxylic acids is 1. The van der Waals surface area contributed by atoms with Crippen LogP contribution in [0.25, 0.3) is 11.3 Å².